The highest BCUT2D eigenvalue weighted by Crippen LogP contribution is 2.28. The number of carbonyl (C=O) groups is 2. The van der Waals surface area contributed by atoms with E-state index in [4.69, 9.17) is 9.84 Å². The summed E-state index contributed by atoms with van der Waals surface area (Å²) in [5.74, 6) is -3.44. The van der Waals surface area contributed by atoms with Crippen molar-refractivity contribution >= 4 is 11.9 Å². The molecule has 0 aromatic carbocycles. The van der Waals surface area contributed by atoms with Gasteiger partial charge in [0.25, 0.3) is 0 Å². The topological polar surface area (TPSA) is 82.1 Å². The molecule has 12 heteroatoms. The van der Waals surface area contributed by atoms with E-state index in [-0.39, 0.29) is 31.8 Å². The Labute approximate surface area is 221 Å². The van der Waals surface area contributed by atoms with Crippen molar-refractivity contribution in [1.29, 1.82) is 0 Å². The second-order valence-corrected chi connectivity index (χ2v) is 9.21. The van der Waals surface area contributed by atoms with Crippen molar-refractivity contribution < 1.29 is 55.2 Å². The molecule has 0 spiro atoms. The number of carbonyl (C=O) groups excluding carboxylic acids is 1. The predicted molar refractivity (Wildman–Crippen MR) is 129 cm³/mol. The Kier molecular flexibility index (Phi) is 19.2. The minimum Gasteiger partial charge on any atom is -0.478 e. The van der Waals surface area contributed by atoms with Crippen LogP contribution in [0.25, 0.3) is 0 Å². The fourth-order valence-electron chi connectivity index (χ4n) is 3.89. The van der Waals surface area contributed by atoms with Gasteiger partial charge in [-0.2, -0.15) is 0 Å². The van der Waals surface area contributed by atoms with E-state index in [9.17, 15) is 35.9 Å². The number of hydrogen-bond acceptors (Lipinski definition) is 5. The van der Waals surface area contributed by atoms with Gasteiger partial charge >= 0.3 is 24.7 Å². The Hall–Kier alpha value is -1.82. The van der Waals surface area contributed by atoms with Crippen LogP contribution >= 0.6 is 0 Å². The van der Waals surface area contributed by atoms with Crippen LogP contribution in [-0.4, -0.2) is 42.2 Å². The Morgan fingerprint density at radius 1 is 0.684 bits per heavy atom. The highest BCUT2D eigenvalue weighted by Gasteiger charge is 2.39. The maximum Gasteiger partial charge on any atom is 0.525 e. The number of hydrogen-bond donors (Lipinski definition) is 1. The quantitative estimate of drug-likeness (QED) is 0.0466. The van der Waals surface area contributed by atoms with Gasteiger partial charge in [-0.25, -0.2) is 9.59 Å². The van der Waals surface area contributed by atoms with Gasteiger partial charge in [0, 0.05) is 12.5 Å². The zero-order chi connectivity index (χ0) is 29.0. The molecule has 0 radical (unpaired) electrons. The van der Waals surface area contributed by atoms with Crippen molar-refractivity contribution in [2.24, 2.45) is 0 Å². The molecule has 0 amide bonds. The van der Waals surface area contributed by atoms with Gasteiger partial charge in [-0.1, -0.05) is 97.3 Å². The number of alkyl halides is 6. The van der Waals surface area contributed by atoms with Crippen molar-refractivity contribution in [3.63, 3.8) is 0 Å². The summed E-state index contributed by atoms with van der Waals surface area (Å²) in [6.45, 7) is 4.08. The fraction of sp³-hybridized carbons (Fsp3) is 0.846. The highest BCUT2D eigenvalue weighted by molar-refractivity contribution is 5.96. The number of carboxylic acid groups (broad SMARTS) is 1. The third-order valence-corrected chi connectivity index (χ3v) is 5.75. The number of esters is 1. The van der Waals surface area contributed by atoms with E-state index in [0.717, 1.165) is 64.2 Å². The molecule has 0 fully saturated rings. The zero-order valence-corrected chi connectivity index (χ0v) is 22.3. The smallest absolute Gasteiger partial charge is 0.478 e. The van der Waals surface area contributed by atoms with Crippen molar-refractivity contribution in [2.75, 3.05) is 0 Å². The van der Waals surface area contributed by atoms with Gasteiger partial charge < -0.3 is 9.84 Å². The monoisotopic (exact) mass is 564 g/mol. The van der Waals surface area contributed by atoms with Crippen LogP contribution < -0.4 is 0 Å². The molecule has 0 aromatic rings. The highest BCUT2D eigenvalue weighted by atomic mass is 19.4. The number of halogens is 6. The third-order valence-electron chi connectivity index (χ3n) is 5.75. The van der Waals surface area contributed by atoms with Crippen LogP contribution in [0.2, 0.25) is 0 Å². The first-order valence-corrected chi connectivity index (χ1v) is 13.4. The molecule has 0 aromatic heterocycles. The first-order chi connectivity index (χ1) is 17.8. The van der Waals surface area contributed by atoms with Gasteiger partial charge in [-0.05, 0) is 12.8 Å². The normalized spacial score (nSPS) is 14.4. The minimum atomic E-state index is -5.22. The summed E-state index contributed by atoms with van der Waals surface area (Å²) in [5, 5.41) is 9.12. The summed E-state index contributed by atoms with van der Waals surface area (Å²) in [6.07, 6.45) is -4.42. The van der Waals surface area contributed by atoms with E-state index >= 15 is 0 Å². The van der Waals surface area contributed by atoms with Crippen LogP contribution in [-0.2, 0) is 23.8 Å². The van der Waals surface area contributed by atoms with Gasteiger partial charge in [0.15, 0.2) is 0 Å². The number of carboxylic acids is 1. The number of aliphatic carboxylic acids is 1. The van der Waals surface area contributed by atoms with Gasteiger partial charge in [0.05, 0.1) is 11.7 Å². The molecule has 0 heterocycles. The lowest BCUT2D eigenvalue weighted by molar-refractivity contribution is -0.373. The fourth-order valence-corrected chi connectivity index (χ4v) is 3.89. The Bertz CT molecular complexity index is 678. The average Bonchev–Trinajstić information content (AvgIpc) is 2.78. The Balaban J connectivity index is 5.39. The van der Waals surface area contributed by atoms with Gasteiger partial charge in [0.1, 0.15) is 0 Å². The van der Waals surface area contributed by atoms with Crippen LogP contribution in [0, 0.1) is 0 Å². The molecule has 0 saturated carbocycles. The summed E-state index contributed by atoms with van der Waals surface area (Å²) >= 11 is 0. The van der Waals surface area contributed by atoms with E-state index < -0.39 is 42.6 Å². The lowest BCUT2D eigenvalue weighted by Gasteiger charge is -2.24. The second-order valence-electron chi connectivity index (χ2n) is 9.21. The van der Waals surface area contributed by atoms with Crippen molar-refractivity contribution in [2.45, 2.75) is 142 Å². The number of ether oxygens (including phenoxy) is 3. The first-order valence-electron chi connectivity index (χ1n) is 13.4. The van der Waals surface area contributed by atoms with Crippen LogP contribution in [0.3, 0.4) is 0 Å². The molecule has 2 atom stereocenters. The maximum absolute atomic E-state index is 13.1. The van der Waals surface area contributed by atoms with Gasteiger partial charge in [0.2, 0.25) is 6.29 Å². The molecule has 38 heavy (non-hydrogen) atoms. The summed E-state index contributed by atoms with van der Waals surface area (Å²) < 4.78 is 90.4. The summed E-state index contributed by atoms with van der Waals surface area (Å²) in [6, 6.07) is 0. The van der Waals surface area contributed by atoms with Crippen LogP contribution in [0.1, 0.15) is 117 Å². The standard InChI is InChI=1S/C26H42F6O6/c1-3-5-7-9-11-13-15-17-21(37-25(27,28)29)20(19-22(33)34)24(35)36-23(38-26(30,31)32)18-16-14-12-10-8-6-4-2/h19,21,23H,3-18H2,1-2H3,(H,33,34). The van der Waals surface area contributed by atoms with Crippen molar-refractivity contribution in [3.05, 3.63) is 11.6 Å². The lowest BCUT2D eigenvalue weighted by atomic mass is 10.0. The molecule has 0 aliphatic heterocycles. The van der Waals surface area contributed by atoms with Crippen molar-refractivity contribution in [3.8, 4) is 0 Å². The Morgan fingerprint density at radius 3 is 1.53 bits per heavy atom. The average molecular weight is 565 g/mol. The molecule has 224 valence electrons. The zero-order valence-electron chi connectivity index (χ0n) is 22.3. The molecular weight excluding hydrogens is 522 g/mol. The molecule has 0 aliphatic rings. The number of unbranched alkanes of at least 4 members (excludes halogenated alkanes) is 12. The van der Waals surface area contributed by atoms with Crippen LogP contribution in [0.4, 0.5) is 26.3 Å². The predicted octanol–water partition coefficient (Wildman–Crippen LogP) is 8.59. The lowest BCUT2D eigenvalue weighted by Crippen LogP contribution is -2.34. The molecule has 0 rings (SSSR count). The molecule has 0 bridgehead atoms. The molecular formula is C26H42F6O6. The van der Waals surface area contributed by atoms with Crippen LogP contribution in [0.15, 0.2) is 11.6 Å². The van der Waals surface area contributed by atoms with E-state index in [1.54, 1.807) is 0 Å². The molecule has 0 aliphatic carbocycles. The summed E-state index contributed by atoms with van der Waals surface area (Å²) in [5.41, 5.74) is -1.03. The van der Waals surface area contributed by atoms with Gasteiger partial charge in [-0.3, -0.25) is 9.47 Å². The molecule has 6 nitrogen and oxygen atoms in total. The SMILES string of the molecule is CCCCCCCCCC(OC(=O)C(=CC(=O)O)C(CCCCCCCCC)OC(F)(F)F)OC(F)(F)F. The summed E-state index contributed by atoms with van der Waals surface area (Å²) in [4.78, 5) is 23.9. The van der Waals surface area contributed by atoms with Crippen molar-refractivity contribution in [1.82, 2.24) is 0 Å². The molecule has 0 saturated heterocycles. The van der Waals surface area contributed by atoms with E-state index in [1.165, 1.54) is 0 Å². The van der Waals surface area contributed by atoms with Gasteiger partial charge in [-0.15, -0.1) is 26.3 Å². The number of rotatable bonds is 22. The largest absolute Gasteiger partial charge is 0.525 e. The summed E-state index contributed by atoms with van der Waals surface area (Å²) in [7, 11) is 0. The second kappa shape index (κ2) is 20.1. The maximum atomic E-state index is 13.1. The third kappa shape index (κ3) is 21.2. The van der Waals surface area contributed by atoms with E-state index in [1.807, 2.05) is 13.8 Å². The molecule has 1 N–H and O–H groups in total. The molecule has 2 unspecified atom stereocenters. The van der Waals surface area contributed by atoms with E-state index in [2.05, 4.69) is 9.47 Å². The van der Waals surface area contributed by atoms with Crippen LogP contribution in [0.5, 0.6) is 0 Å². The Morgan fingerprint density at radius 2 is 1.11 bits per heavy atom. The van der Waals surface area contributed by atoms with E-state index in [0.29, 0.717) is 12.8 Å². The minimum absolute atomic E-state index is 0.178. The first kappa shape index (κ1) is 36.2.